The van der Waals surface area contributed by atoms with Crippen molar-refractivity contribution in [2.75, 3.05) is 20.3 Å². The lowest BCUT2D eigenvalue weighted by Gasteiger charge is -2.22. The Morgan fingerprint density at radius 3 is 1.63 bits per heavy atom. The average Bonchev–Trinajstić information content (AvgIpc) is 2.26. The molecule has 0 atom stereocenters. The molecule has 0 aliphatic carbocycles. The normalized spacial score (nSPS) is 12.1. The molecule has 0 spiro atoms. The second-order valence-corrected chi connectivity index (χ2v) is 6.30. The summed E-state index contributed by atoms with van der Waals surface area (Å²) in [5.41, 5.74) is -0.316. The molecule has 0 unspecified atom stereocenters. The van der Waals surface area contributed by atoms with Gasteiger partial charge in [0.25, 0.3) is 0 Å². The van der Waals surface area contributed by atoms with Crippen molar-refractivity contribution in [3.8, 4) is 0 Å². The van der Waals surface area contributed by atoms with Gasteiger partial charge in [0.05, 0.1) is 18.8 Å². The first-order valence-electron chi connectivity index (χ1n) is 6.46. The van der Waals surface area contributed by atoms with Crippen LogP contribution in [0.3, 0.4) is 0 Å². The molecule has 5 nitrogen and oxygen atoms in total. The van der Waals surface area contributed by atoms with Gasteiger partial charge in [-0.3, -0.25) is 0 Å². The van der Waals surface area contributed by atoms with Gasteiger partial charge in [0, 0.05) is 13.5 Å². The summed E-state index contributed by atoms with van der Waals surface area (Å²) in [5.74, 6) is -1.87. The zero-order chi connectivity index (χ0) is 15.1. The van der Waals surface area contributed by atoms with Crippen molar-refractivity contribution in [1.82, 2.24) is 0 Å². The third kappa shape index (κ3) is 9.47. The molecule has 0 bridgehead atoms. The molecule has 5 heteroatoms. The van der Waals surface area contributed by atoms with E-state index in [0.29, 0.717) is 12.8 Å². The van der Waals surface area contributed by atoms with Gasteiger partial charge in [-0.15, -0.1) is 0 Å². The Hall–Kier alpha value is -1.10. The van der Waals surface area contributed by atoms with Crippen molar-refractivity contribution in [3.05, 3.63) is 0 Å². The van der Waals surface area contributed by atoms with Crippen LogP contribution >= 0.6 is 0 Å². The van der Waals surface area contributed by atoms with Crippen LogP contribution in [-0.4, -0.2) is 37.9 Å². The lowest BCUT2D eigenvalue weighted by molar-refractivity contribution is -0.168. The lowest BCUT2D eigenvalue weighted by atomic mass is 9.93. The first-order valence-corrected chi connectivity index (χ1v) is 6.46. The maximum atomic E-state index is 11.3. The zero-order valence-electron chi connectivity index (χ0n) is 12.9. The highest BCUT2D eigenvalue weighted by molar-refractivity contribution is 6.29. The van der Waals surface area contributed by atoms with Crippen LogP contribution in [0, 0.1) is 5.41 Å². The fraction of sp³-hybridized carbons (Fsp3) is 0.857. The second kappa shape index (κ2) is 7.48. The molecule has 0 saturated carbocycles. The predicted molar refractivity (Wildman–Crippen MR) is 71.7 cm³/mol. The quantitative estimate of drug-likeness (QED) is 0.549. The molecule has 0 heterocycles. The van der Waals surface area contributed by atoms with E-state index in [4.69, 9.17) is 14.2 Å². The fourth-order valence-corrected chi connectivity index (χ4v) is 1.06. The van der Waals surface area contributed by atoms with Gasteiger partial charge in [-0.25, -0.2) is 9.59 Å². The van der Waals surface area contributed by atoms with Crippen molar-refractivity contribution in [2.24, 2.45) is 5.41 Å². The summed E-state index contributed by atoms with van der Waals surface area (Å²) < 4.78 is 14.8. The van der Waals surface area contributed by atoms with Gasteiger partial charge in [0.1, 0.15) is 0 Å². The van der Waals surface area contributed by atoms with Crippen LogP contribution in [0.4, 0.5) is 0 Å². The van der Waals surface area contributed by atoms with Gasteiger partial charge < -0.3 is 14.2 Å². The topological polar surface area (TPSA) is 61.8 Å². The van der Waals surface area contributed by atoms with E-state index in [0.717, 1.165) is 0 Å². The molecule has 0 saturated heterocycles. The zero-order valence-corrected chi connectivity index (χ0v) is 12.9. The first kappa shape index (κ1) is 17.9. The smallest absolute Gasteiger partial charge is 0.417 e. The summed E-state index contributed by atoms with van der Waals surface area (Å²) in [6, 6.07) is 0. The predicted octanol–water partition coefficient (Wildman–Crippen LogP) is 2.32. The fourth-order valence-electron chi connectivity index (χ4n) is 1.06. The van der Waals surface area contributed by atoms with E-state index >= 15 is 0 Å². The number of hydrogen-bond donors (Lipinski definition) is 0. The Morgan fingerprint density at radius 2 is 1.26 bits per heavy atom. The largest absolute Gasteiger partial charge is 0.457 e. The number of carbonyl (C=O) groups excluding carboxylic acids is 2. The van der Waals surface area contributed by atoms with E-state index in [1.165, 1.54) is 0 Å². The number of carbonyl (C=O) groups is 2. The third-order valence-corrected chi connectivity index (χ3v) is 2.74. The summed E-state index contributed by atoms with van der Waals surface area (Å²) in [6.07, 6.45) is 1.22. The van der Waals surface area contributed by atoms with E-state index in [9.17, 15) is 9.59 Å². The number of esters is 2. The standard InChI is InChI=1S/C14H26O5/c1-13(2,3)7-9-18-11(15)12(16)19-10-8-14(4,5)17-6/h7-10H2,1-6H3. The molecule has 112 valence electrons. The summed E-state index contributed by atoms with van der Waals surface area (Å²) in [4.78, 5) is 22.7. The minimum Gasteiger partial charge on any atom is -0.457 e. The first-order chi connectivity index (χ1) is 8.57. The molecule has 0 aliphatic heterocycles. The third-order valence-electron chi connectivity index (χ3n) is 2.74. The maximum Gasteiger partial charge on any atom is 0.417 e. The molecule has 0 N–H and O–H groups in total. The Morgan fingerprint density at radius 1 is 0.842 bits per heavy atom. The van der Waals surface area contributed by atoms with Crippen LogP contribution in [0.5, 0.6) is 0 Å². The highest BCUT2D eigenvalue weighted by Crippen LogP contribution is 2.18. The van der Waals surface area contributed by atoms with E-state index in [2.05, 4.69) is 0 Å². The number of rotatable bonds is 6. The summed E-state index contributed by atoms with van der Waals surface area (Å²) >= 11 is 0. The summed E-state index contributed by atoms with van der Waals surface area (Å²) in [7, 11) is 1.59. The summed E-state index contributed by atoms with van der Waals surface area (Å²) in [6.45, 7) is 10.2. The van der Waals surface area contributed by atoms with Gasteiger partial charge >= 0.3 is 11.9 Å². The Bertz CT molecular complexity index is 301. The molecular weight excluding hydrogens is 248 g/mol. The Labute approximate surface area is 115 Å². The molecule has 0 aliphatic rings. The minimum absolute atomic E-state index is 0.0622. The van der Waals surface area contributed by atoms with Crippen molar-refractivity contribution >= 4 is 11.9 Å². The number of methoxy groups -OCH3 is 1. The summed E-state index contributed by atoms with van der Waals surface area (Å²) in [5, 5.41) is 0. The van der Waals surface area contributed by atoms with E-state index in [1.807, 2.05) is 34.6 Å². The maximum absolute atomic E-state index is 11.3. The van der Waals surface area contributed by atoms with Crippen molar-refractivity contribution < 1.29 is 23.8 Å². The van der Waals surface area contributed by atoms with Crippen LogP contribution < -0.4 is 0 Å². The van der Waals surface area contributed by atoms with E-state index < -0.39 is 11.9 Å². The molecule has 0 fully saturated rings. The van der Waals surface area contributed by atoms with Gasteiger partial charge in [0.15, 0.2) is 0 Å². The molecule has 0 amide bonds. The molecule has 0 aromatic heterocycles. The Kier molecular flexibility index (Phi) is 7.05. The van der Waals surface area contributed by atoms with Crippen LogP contribution in [-0.2, 0) is 23.8 Å². The van der Waals surface area contributed by atoms with Crippen LogP contribution in [0.25, 0.3) is 0 Å². The van der Waals surface area contributed by atoms with Gasteiger partial charge in [-0.2, -0.15) is 0 Å². The second-order valence-electron chi connectivity index (χ2n) is 6.30. The molecule has 0 aromatic carbocycles. The van der Waals surface area contributed by atoms with Crippen molar-refractivity contribution in [1.29, 1.82) is 0 Å². The van der Waals surface area contributed by atoms with Crippen molar-refractivity contribution in [2.45, 2.75) is 53.1 Å². The molecule has 0 radical (unpaired) electrons. The van der Waals surface area contributed by atoms with Crippen LogP contribution in [0.1, 0.15) is 47.5 Å². The number of hydrogen-bond acceptors (Lipinski definition) is 5. The van der Waals surface area contributed by atoms with Crippen LogP contribution in [0.2, 0.25) is 0 Å². The van der Waals surface area contributed by atoms with Gasteiger partial charge in [-0.1, -0.05) is 20.8 Å². The SMILES string of the molecule is COC(C)(C)CCOC(=O)C(=O)OCCC(C)(C)C. The molecule has 0 rings (SSSR count). The van der Waals surface area contributed by atoms with E-state index in [-0.39, 0.29) is 24.2 Å². The lowest BCUT2D eigenvalue weighted by Crippen LogP contribution is -2.27. The highest BCUT2D eigenvalue weighted by atomic mass is 16.6. The van der Waals surface area contributed by atoms with E-state index in [1.54, 1.807) is 7.11 Å². The Balaban J connectivity index is 3.86. The minimum atomic E-state index is -0.944. The molecule has 19 heavy (non-hydrogen) atoms. The highest BCUT2D eigenvalue weighted by Gasteiger charge is 2.21. The van der Waals surface area contributed by atoms with Gasteiger partial charge in [-0.05, 0) is 25.7 Å². The molecule has 0 aromatic rings. The van der Waals surface area contributed by atoms with Gasteiger partial charge in [0.2, 0.25) is 0 Å². The molecular formula is C14H26O5. The average molecular weight is 274 g/mol. The monoisotopic (exact) mass is 274 g/mol. The number of ether oxygens (including phenoxy) is 3. The van der Waals surface area contributed by atoms with Crippen LogP contribution in [0.15, 0.2) is 0 Å². The van der Waals surface area contributed by atoms with Crippen molar-refractivity contribution in [3.63, 3.8) is 0 Å².